The van der Waals surface area contributed by atoms with Crippen LogP contribution < -0.4 is 10.2 Å². The van der Waals surface area contributed by atoms with E-state index >= 15 is 0 Å². The highest BCUT2D eigenvalue weighted by molar-refractivity contribution is 5.56. The van der Waals surface area contributed by atoms with E-state index in [-0.39, 0.29) is 5.82 Å². The van der Waals surface area contributed by atoms with Gasteiger partial charge in [-0.1, -0.05) is 5.16 Å². The minimum Gasteiger partial charge on any atom is -0.355 e. The Hall–Kier alpha value is -2.16. The number of piperidine rings is 1. The van der Waals surface area contributed by atoms with Crippen molar-refractivity contribution in [3.63, 3.8) is 0 Å². The first-order chi connectivity index (χ1) is 11.5. The molecule has 9 heteroatoms. The van der Waals surface area contributed by atoms with Gasteiger partial charge in [0, 0.05) is 30.3 Å². The van der Waals surface area contributed by atoms with Gasteiger partial charge < -0.3 is 14.7 Å². The van der Waals surface area contributed by atoms with Crippen molar-refractivity contribution in [2.45, 2.75) is 19.0 Å². The third kappa shape index (κ3) is 2.72. The van der Waals surface area contributed by atoms with Crippen LogP contribution >= 0.6 is 0 Å². The highest BCUT2D eigenvalue weighted by Crippen LogP contribution is 2.40. The van der Waals surface area contributed by atoms with Crippen molar-refractivity contribution in [2.24, 2.45) is 5.41 Å². The Bertz CT molecular complexity index is 713. The Labute approximate surface area is 136 Å². The number of hydrogen-bond donors (Lipinski definition) is 1. The molecule has 2 aromatic rings. The van der Waals surface area contributed by atoms with E-state index in [4.69, 9.17) is 0 Å². The number of anilines is 1. The lowest BCUT2D eigenvalue weighted by Gasteiger charge is -2.53. The molecule has 0 saturated carbocycles. The summed E-state index contributed by atoms with van der Waals surface area (Å²) in [6.45, 7) is 4.06. The number of nitrogens with zero attached hydrogens (tertiary/aromatic N) is 4. The zero-order valence-corrected chi connectivity index (χ0v) is 12.8. The van der Waals surface area contributed by atoms with E-state index in [1.165, 1.54) is 19.0 Å². The van der Waals surface area contributed by atoms with Crippen LogP contribution in [0.3, 0.4) is 0 Å². The van der Waals surface area contributed by atoms with Crippen molar-refractivity contribution in [3.05, 3.63) is 24.2 Å². The first kappa shape index (κ1) is 15.4. The minimum absolute atomic E-state index is 0.111. The fourth-order valence-electron chi connectivity index (χ4n) is 3.36. The van der Waals surface area contributed by atoms with Crippen LogP contribution in [0.5, 0.6) is 0 Å². The Morgan fingerprint density at radius 2 is 1.92 bits per heavy atom. The molecular formula is C15H16F3N5O. The maximum absolute atomic E-state index is 12.5. The topological polar surface area (TPSA) is 67.1 Å². The molecule has 0 amide bonds. The van der Waals surface area contributed by atoms with Gasteiger partial charge in [-0.15, -0.1) is 0 Å². The summed E-state index contributed by atoms with van der Waals surface area (Å²) >= 11 is 0. The molecule has 2 aliphatic rings. The monoisotopic (exact) mass is 339 g/mol. The van der Waals surface area contributed by atoms with Crippen molar-refractivity contribution >= 4 is 5.82 Å². The average molecular weight is 339 g/mol. The maximum Gasteiger partial charge on any atom is 0.471 e. The first-order valence-corrected chi connectivity index (χ1v) is 7.78. The Balaban J connectivity index is 1.45. The van der Waals surface area contributed by atoms with Gasteiger partial charge in [0.2, 0.25) is 5.82 Å². The molecule has 0 atom stereocenters. The fourth-order valence-corrected chi connectivity index (χ4v) is 3.36. The van der Waals surface area contributed by atoms with E-state index in [9.17, 15) is 13.2 Å². The summed E-state index contributed by atoms with van der Waals surface area (Å²) in [7, 11) is 0. The van der Waals surface area contributed by atoms with Gasteiger partial charge in [0.15, 0.2) is 0 Å². The van der Waals surface area contributed by atoms with Crippen LogP contribution in [0.1, 0.15) is 18.7 Å². The molecule has 4 rings (SSSR count). The van der Waals surface area contributed by atoms with Crippen LogP contribution in [0, 0.1) is 5.41 Å². The number of pyridine rings is 1. The molecule has 0 aliphatic carbocycles. The molecule has 1 N–H and O–H groups in total. The molecule has 0 aromatic carbocycles. The van der Waals surface area contributed by atoms with Crippen molar-refractivity contribution < 1.29 is 17.7 Å². The summed E-state index contributed by atoms with van der Waals surface area (Å²) < 4.78 is 41.7. The summed E-state index contributed by atoms with van der Waals surface area (Å²) in [5.41, 5.74) is 0.788. The molecule has 6 nitrogen and oxygen atoms in total. The lowest BCUT2D eigenvalue weighted by Crippen LogP contribution is -2.60. The number of nitrogens with one attached hydrogen (secondary N) is 1. The van der Waals surface area contributed by atoms with Crippen molar-refractivity contribution in [1.82, 2.24) is 20.4 Å². The first-order valence-electron chi connectivity index (χ1n) is 7.78. The second kappa shape index (κ2) is 5.44. The molecule has 2 aliphatic heterocycles. The van der Waals surface area contributed by atoms with E-state index in [1.54, 1.807) is 12.1 Å². The second-order valence-corrected chi connectivity index (χ2v) is 6.43. The van der Waals surface area contributed by atoms with E-state index in [0.29, 0.717) is 11.0 Å². The molecule has 0 bridgehead atoms. The van der Waals surface area contributed by atoms with Gasteiger partial charge in [0.25, 0.3) is 0 Å². The lowest BCUT2D eigenvalue weighted by molar-refractivity contribution is -0.159. The molecule has 128 valence electrons. The fraction of sp³-hybridized carbons (Fsp3) is 0.533. The largest absolute Gasteiger partial charge is 0.471 e. The molecule has 0 radical (unpaired) electrons. The smallest absolute Gasteiger partial charge is 0.355 e. The summed E-state index contributed by atoms with van der Waals surface area (Å²) in [6, 6.07) is 3.45. The van der Waals surface area contributed by atoms with Crippen LogP contribution in [-0.2, 0) is 6.18 Å². The standard InChI is InChI=1S/C15H16F3N5O/c16-15(17,18)13-21-12(22-24-13)10-1-2-11(20-7-10)23-8-14(9-23)3-5-19-6-4-14/h1-2,7,19H,3-6,8-9H2. The van der Waals surface area contributed by atoms with Gasteiger partial charge in [-0.05, 0) is 38.1 Å². The molecular weight excluding hydrogens is 323 g/mol. The zero-order chi connectivity index (χ0) is 16.8. The van der Waals surface area contributed by atoms with E-state index in [1.807, 2.05) is 0 Å². The van der Waals surface area contributed by atoms with Gasteiger partial charge >= 0.3 is 12.1 Å². The van der Waals surface area contributed by atoms with Gasteiger partial charge in [-0.2, -0.15) is 18.2 Å². The van der Waals surface area contributed by atoms with Gasteiger partial charge in [0.05, 0.1) is 0 Å². The number of hydrogen-bond acceptors (Lipinski definition) is 6. The minimum atomic E-state index is -4.64. The SMILES string of the molecule is FC(F)(F)c1nc(-c2ccc(N3CC4(CCNCC4)C3)nc2)no1. The van der Waals surface area contributed by atoms with Crippen molar-refractivity contribution in [1.29, 1.82) is 0 Å². The summed E-state index contributed by atoms with van der Waals surface area (Å²) in [5.74, 6) is -0.639. The summed E-state index contributed by atoms with van der Waals surface area (Å²) in [5, 5.41) is 6.73. The molecule has 0 unspecified atom stereocenters. The summed E-state index contributed by atoms with van der Waals surface area (Å²) in [6.07, 6.45) is -0.817. The van der Waals surface area contributed by atoms with E-state index in [2.05, 4.69) is 29.9 Å². The number of aromatic nitrogens is 3. The normalized spacial score (nSPS) is 20.2. The Morgan fingerprint density at radius 1 is 1.17 bits per heavy atom. The zero-order valence-electron chi connectivity index (χ0n) is 12.8. The highest BCUT2D eigenvalue weighted by Gasteiger charge is 2.44. The van der Waals surface area contributed by atoms with Crippen LogP contribution in [0.15, 0.2) is 22.9 Å². The predicted octanol–water partition coefficient (Wildman–Crippen LogP) is 2.34. The van der Waals surface area contributed by atoms with E-state index in [0.717, 1.165) is 32.0 Å². The van der Waals surface area contributed by atoms with Gasteiger partial charge in [-0.3, -0.25) is 0 Å². The number of rotatable bonds is 2. The third-order valence-electron chi connectivity index (χ3n) is 4.72. The number of alkyl halides is 3. The molecule has 2 aromatic heterocycles. The Morgan fingerprint density at radius 3 is 2.50 bits per heavy atom. The molecule has 1 spiro atoms. The van der Waals surface area contributed by atoms with Crippen LogP contribution in [0.4, 0.5) is 19.0 Å². The predicted molar refractivity (Wildman–Crippen MR) is 79.3 cm³/mol. The molecule has 24 heavy (non-hydrogen) atoms. The average Bonchev–Trinajstić information content (AvgIpc) is 3.04. The molecule has 2 saturated heterocycles. The van der Waals surface area contributed by atoms with Crippen molar-refractivity contribution in [2.75, 3.05) is 31.1 Å². The Kier molecular flexibility index (Phi) is 3.48. The van der Waals surface area contributed by atoms with E-state index < -0.39 is 12.1 Å². The van der Waals surface area contributed by atoms with Gasteiger partial charge in [0.1, 0.15) is 5.82 Å². The van der Waals surface area contributed by atoms with Crippen molar-refractivity contribution in [3.8, 4) is 11.4 Å². The molecule has 4 heterocycles. The van der Waals surface area contributed by atoms with Crippen LogP contribution in [-0.4, -0.2) is 41.3 Å². The third-order valence-corrected chi connectivity index (χ3v) is 4.72. The summed E-state index contributed by atoms with van der Waals surface area (Å²) in [4.78, 5) is 9.89. The van der Waals surface area contributed by atoms with Crippen LogP contribution in [0.25, 0.3) is 11.4 Å². The van der Waals surface area contributed by atoms with Gasteiger partial charge in [-0.25, -0.2) is 4.98 Å². The number of halogens is 3. The van der Waals surface area contributed by atoms with Crippen LogP contribution in [0.2, 0.25) is 0 Å². The second-order valence-electron chi connectivity index (χ2n) is 6.43. The lowest BCUT2D eigenvalue weighted by atomic mass is 9.72. The highest BCUT2D eigenvalue weighted by atomic mass is 19.4. The molecule has 2 fully saturated rings. The maximum atomic E-state index is 12.5. The quantitative estimate of drug-likeness (QED) is 0.906.